The van der Waals surface area contributed by atoms with E-state index in [0.29, 0.717) is 6.42 Å². The van der Waals surface area contributed by atoms with E-state index in [1.54, 1.807) is 13.0 Å². The van der Waals surface area contributed by atoms with E-state index < -0.39 is 6.10 Å². The Kier molecular flexibility index (Phi) is 6.57. The Balaban J connectivity index is 1.78. The third-order valence-electron chi connectivity index (χ3n) is 3.64. The highest BCUT2D eigenvalue weighted by atomic mass is 16.3. The second kappa shape index (κ2) is 8.91. The fourth-order valence-corrected chi connectivity index (χ4v) is 2.30. The Hall–Kier alpha value is -2.39. The molecule has 3 nitrogen and oxygen atoms in total. The van der Waals surface area contributed by atoms with E-state index in [9.17, 15) is 9.90 Å². The van der Waals surface area contributed by atoms with Crippen molar-refractivity contribution < 1.29 is 9.90 Å². The van der Waals surface area contributed by atoms with E-state index >= 15 is 0 Å². The van der Waals surface area contributed by atoms with Crippen LogP contribution in [-0.4, -0.2) is 23.2 Å². The van der Waals surface area contributed by atoms with E-state index in [0.717, 1.165) is 12.0 Å². The zero-order valence-corrected chi connectivity index (χ0v) is 13.4. The number of carbonyl (C=O) groups excluding carboxylic acids is 1. The Bertz CT molecular complexity index is 623. The van der Waals surface area contributed by atoms with Crippen molar-refractivity contribution in [3.63, 3.8) is 0 Å². The van der Waals surface area contributed by atoms with Gasteiger partial charge in [-0.15, -0.1) is 0 Å². The molecule has 0 saturated heterocycles. The number of nitrogens with one attached hydrogen (secondary N) is 1. The van der Waals surface area contributed by atoms with Crippen LogP contribution in [0.1, 0.15) is 18.1 Å². The Labute approximate surface area is 137 Å². The van der Waals surface area contributed by atoms with Crippen molar-refractivity contribution in [2.45, 2.75) is 31.9 Å². The third kappa shape index (κ3) is 6.09. The van der Waals surface area contributed by atoms with Gasteiger partial charge in [0.15, 0.2) is 0 Å². The smallest absolute Gasteiger partial charge is 0.224 e. The first-order valence-electron chi connectivity index (χ1n) is 7.87. The number of aliphatic hydroxyl groups is 1. The van der Waals surface area contributed by atoms with Gasteiger partial charge in [-0.05, 0) is 24.5 Å². The van der Waals surface area contributed by atoms with Crippen molar-refractivity contribution in [3.8, 4) is 0 Å². The largest absolute Gasteiger partial charge is 0.387 e. The number of hydrogen-bond donors (Lipinski definition) is 2. The Morgan fingerprint density at radius 1 is 1.04 bits per heavy atom. The number of amides is 1. The summed E-state index contributed by atoms with van der Waals surface area (Å²) in [6, 6.07) is 19.3. The summed E-state index contributed by atoms with van der Waals surface area (Å²) >= 11 is 0. The molecule has 0 spiro atoms. The van der Waals surface area contributed by atoms with Gasteiger partial charge < -0.3 is 10.4 Å². The van der Waals surface area contributed by atoms with Crippen molar-refractivity contribution in [1.29, 1.82) is 0 Å². The molecule has 0 unspecified atom stereocenters. The van der Waals surface area contributed by atoms with Gasteiger partial charge in [0.05, 0.1) is 18.6 Å². The van der Waals surface area contributed by atoms with Gasteiger partial charge in [0, 0.05) is 0 Å². The summed E-state index contributed by atoms with van der Waals surface area (Å²) in [5, 5.41) is 12.9. The van der Waals surface area contributed by atoms with Gasteiger partial charge in [-0.2, -0.15) is 0 Å². The van der Waals surface area contributed by atoms with Crippen LogP contribution in [0.5, 0.6) is 0 Å². The molecule has 1 amide bonds. The molecule has 0 aliphatic rings. The molecule has 2 rings (SSSR count). The summed E-state index contributed by atoms with van der Waals surface area (Å²) in [5.74, 6) is -0.0841. The minimum atomic E-state index is -0.696. The zero-order chi connectivity index (χ0) is 16.5. The average Bonchev–Trinajstić information content (AvgIpc) is 2.56. The average molecular weight is 309 g/mol. The summed E-state index contributed by atoms with van der Waals surface area (Å²) in [4.78, 5) is 12.0. The molecule has 0 fully saturated rings. The van der Waals surface area contributed by atoms with E-state index in [1.165, 1.54) is 5.56 Å². The minimum Gasteiger partial charge on any atom is -0.387 e. The maximum absolute atomic E-state index is 12.0. The number of hydrogen-bond acceptors (Lipinski definition) is 2. The summed E-state index contributed by atoms with van der Waals surface area (Å²) in [7, 11) is 0. The molecule has 2 aromatic carbocycles. The highest BCUT2D eigenvalue weighted by molar-refractivity contribution is 5.78. The summed E-state index contributed by atoms with van der Waals surface area (Å²) in [6.07, 6.45) is 4.06. The number of benzene rings is 2. The van der Waals surface area contributed by atoms with E-state index in [1.807, 2.05) is 66.7 Å². The van der Waals surface area contributed by atoms with Crippen molar-refractivity contribution in [2.75, 3.05) is 0 Å². The second-order valence-corrected chi connectivity index (χ2v) is 5.63. The van der Waals surface area contributed by atoms with Crippen LogP contribution in [0.25, 0.3) is 0 Å². The van der Waals surface area contributed by atoms with E-state index in [2.05, 4.69) is 5.32 Å². The van der Waals surface area contributed by atoms with Crippen LogP contribution in [0.2, 0.25) is 0 Å². The van der Waals surface area contributed by atoms with Gasteiger partial charge in [0.25, 0.3) is 0 Å². The monoisotopic (exact) mass is 309 g/mol. The summed E-state index contributed by atoms with van der Waals surface area (Å²) < 4.78 is 0. The van der Waals surface area contributed by atoms with Crippen molar-refractivity contribution in [3.05, 3.63) is 83.9 Å². The standard InChI is InChI=1S/C20H23NO2/c1-16(21-20(23)15-18-11-6-3-7-12-18)19(22)14-8-13-17-9-4-2-5-10-17/h2-12,14,16,19,22H,13,15H2,1H3,(H,21,23)/b14-8+/t16-,19+/m0/s1. The van der Waals surface area contributed by atoms with Crippen LogP contribution in [0.15, 0.2) is 72.8 Å². The second-order valence-electron chi connectivity index (χ2n) is 5.63. The SMILES string of the molecule is C[C@H](NC(=O)Cc1ccccc1)[C@H](O)/C=C/Cc1ccccc1. The van der Waals surface area contributed by atoms with Crippen LogP contribution in [0.3, 0.4) is 0 Å². The molecule has 0 saturated carbocycles. The topological polar surface area (TPSA) is 49.3 Å². The quantitative estimate of drug-likeness (QED) is 0.773. The molecule has 2 N–H and O–H groups in total. The molecule has 23 heavy (non-hydrogen) atoms. The molecule has 0 aliphatic carbocycles. The van der Waals surface area contributed by atoms with Crippen molar-refractivity contribution >= 4 is 5.91 Å². The normalized spacial score (nSPS) is 13.7. The van der Waals surface area contributed by atoms with E-state index in [4.69, 9.17) is 0 Å². The van der Waals surface area contributed by atoms with Crippen molar-refractivity contribution in [1.82, 2.24) is 5.32 Å². The van der Waals surface area contributed by atoms with Gasteiger partial charge in [-0.25, -0.2) is 0 Å². The molecule has 2 aromatic rings. The van der Waals surface area contributed by atoms with Crippen LogP contribution >= 0.6 is 0 Å². The van der Waals surface area contributed by atoms with Crippen molar-refractivity contribution in [2.24, 2.45) is 0 Å². The maximum Gasteiger partial charge on any atom is 0.224 e. The lowest BCUT2D eigenvalue weighted by Gasteiger charge is -2.17. The molecule has 0 radical (unpaired) electrons. The molecular weight excluding hydrogens is 286 g/mol. The lowest BCUT2D eigenvalue weighted by molar-refractivity contribution is -0.121. The predicted octanol–water partition coefficient (Wildman–Crippen LogP) is 2.89. The van der Waals surface area contributed by atoms with Gasteiger partial charge >= 0.3 is 0 Å². The molecule has 3 heteroatoms. The highest BCUT2D eigenvalue weighted by Gasteiger charge is 2.14. The molecular formula is C20H23NO2. The Morgan fingerprint density at radius 2 is 1.61 bits per heavy atom. The molecule has 120 valence electrons. The number of aliphatic hydroxyl groups excluding tert-OH is 1. The number of allylic oxidation sites excluding steroid dienone is 1. The van der Waals surface area contributed by atoms with Gasteiger partial charge in [0.1, 0.15) is 0 Å². The van der Waals surface area contributed by atoms with E-state index in [-0.39, 0.29) is 11.9 Å². The first-order chi connectivity index (χ1) is 11.1. The highest BCUT2D eigenvalue weighted by Crippen LogP contribution is 2.03. The lowest BCUT2D eigenvalue weighted by atomic mass is 10.1. The summed E-state index contributed by atoms with van der Waals surface area (Å²) in [5.41, 5.74) is 2.16. The predicted molar refractivity (Wildman–Crippen MR) is 93.0 cm³/mol. The first-order valence-corrected chi connectivity index (χ1v) is 7.87. The maximum atomic E-state index is 12.0. The van der Waals surface area contributed by atoms with Crippen LogP contribution < -0.4 is 5.32 Å². The molecule has 0 bridgehead atoms. The van der Waals surface area contributed by atoms with Crippen LogP contribution in [-0.2, 0) is 17.6 Å². The van der Waals surface area contributed by atoms with Crippen LogP contribution in [0, 0.1) is 0 Å². The van der Waals surface area contributed by atoms with Gasteiger partial charge in [0.2, 0.25) is 5.91 Å². The number of carbonyl (C=O) groups is 1. The fourth-order valence-electron chi connectivity index (χ4n) is 2.30. The van der Waals surface area contributed by atoms with Gasteiger partial charge in [-0.1, -0.05) is 72.8 Å². The first kappa shape index (κ1) is 17.0. The van der Waals surface area contributed by atoms with Gasteiger partial charge in [-0.3, -0.25) is 4.79 Å². The Morgan fingerprint density at radius 3 is 2.22 bits per heavy atom. The molecule has 0 heterocycles. The molecule has 0 aliphatic heterocycles. The lowest BCUT2D eigenvalue weighted by Crippen LogP contribution is -2.41. The summed E-state index contributed by atoms with van der Waals surface area (Å²) in [6.45, 7) is 1.81. The molecule has 2 atom stereocenters. The van der Waals surface area contributed by atoms with Crippen LogP contribution in [0.4, 0.5) is 0 Å². The number of rotatable bonds is 7. The minimum absolute atomic E-state index is 0.0841. The molecule has 0 aromatic heterocycles. The fraction of sp³-hybridized carbons (Fsp3) is 0.250. The zero-order valence-electron chi connectivity index (χ0n) is 13.4. The third-order valence-corrected chi connectivity index (χ3v) is 3.64.